The monoisotopic (exact) mass is 276 g/mol. The van der Waals surface area contributed by atoms with Gasteiger partial charge in [0.05, 0.1) is 4.92 Å². The lowest BCUT2D eigenvalue weighted by atomic mass is 10.1. The van der Waals surface area contributed by atoms with Crippen molar-refractivity contribution < 1.29 is 9.45 Å². The molecule has 106 valence electrons. The van der Waals surface area contributed by atoms with Crippen molar-refractivity contribution in [2.75, 3.05) is 11.9 Å². The average Bonchev–Trinajstić information content (AvgIpc) is 2.88. The first-order valence-electron chi connectivity index (χ1n) is 6.51. The Hall–Kier alpha value is -2.44. The number of aryl methyl sites for hydroxylation is 1. The van der Waals surface area contributed by atoms with E-state index in [-0.39, 0.29) is 5.69 Å². The topological polar surface area (TPSA) is 94.1 Å². The standard InChI is InChI=1S/C13H16N4O3/c1-3-5-12-15-13(20-16-12)9-6-7-10(14-4-2)11(8-9)17(18)19/h6-8,14H,3-5H2,1-2H3. The van der Waals surface area contributed by atoms with Gasteiger partial charge in [0.15, 0.2) is 5.82 Å². The lowest BCUT2D eigenvalue weighted by Gasteiger charge is -2.04. The van der Waals surface area contributed by atoms with E-state index in [4.69, 9.17) is 4.52 Å². The zero-order valence-electron chi connectivity index (χ0n) is 11.4. The maximum Gasteiger partial charge on any atom is 0.293 e. The second kappa shape index (κ2) is 6.14. The summed E-state index contributed by atoms with van der Waals surface area (Å²) in [4.78, 5) is 14.9. The Bertz CT molecular complexity index is 609. The van der Waals surface area contributed by atoms with Crippen molar-refractivity contribution >= 4 is 11.4 Å². The highest BCUT2D eigenvalue weighted by atomic mass is 16.6. The number of anilines is 1. The second-order valence-corrected chi connectivity index (χ2v) is 4.29. The number of nitro groups is 1. The molecule has 0 saturated carbocycles. The Labute approximate surface area is 116 Å². The maximum absolute atomic E-state index is 11.1. The van der Waals surface area contributed by atoms with Gasteiger partial charge in [-0.05, 0) is 25.5 Å². The Morgan fingerprint density at radius 1 is 1.40 bits per heavy atom. The largest absolute Gasteiger partial charge is 0.380 e. The fourth-order valence-electron chi connectivity index (χ4n) is 1.85. The summed E-state index contributed by atoms with van der Waals surface area (Å²) in [6, 6.07) is 4.83. The first-order valence-corrected chi connectivity index (χ1v) is 6.51. The third-order valence-electron chi connectivity index (χ3n) is 2.75. The summed E-state index contributed by atoms with van der Waals surface area (Å²) in [5.74, 6) is 0.917. The number of hydrogen-bond acceptors (Lipinski definition) is 6. The van der Waals surface area contributed by atoms with Gasteiger partial charge in [0, 0.05) is 24.6 Å². The molecule has 1 aromatic carbocycles. The smallest absolute Gasteiger partial charge is 0.293 e. The van der Waals surface area contributed by atoms with Gasteiger partial charge in [0.2, 0.25) is 0 Å². The zero-order chi connectivity index (χ0) is 14.5. The minimum Gasteiger partial charge on any atom is -0.380 e. The van der Waals surface area contributed by atoms with Crippen LogP contribution in [0.3, 0.4) is 0 Å². The van der Waals surface area contributed by atoms with E-state index < -0.39 is 4.92 Å². The highest BCUT2D eigenvalue weighted by molar-refractivity contribution is 5.69. The van der Waals surface area contributed by atoms with E-state index >= 15 is 0 Å². The van der Waals surface area contributed by atoms with Crippen LogP contribution in [0.5, 0.6) is 0 Å². The predicted octanol–water partition coefficient (Wildman–Crippen LogP) is 3.03. The number of benzene rings is 1. The van der Waals surface area contributed by atoms with Crippen molar-refractivity contribution in [3.63, 3.8) is 0 Å². The molecular formula is C13H16N4O3. The first-order chi connectivity index (χ1) is 9.65. The van der Waals surface area contributed by atoms with E-state index in [1.54, 1.807) is 12.1 Å². The van der Waals surface area contributed by atoms with Gasteiger partial charge in [-0.1, -0.05) is 12.1 Å². The van der Waals surface area contributed by atoms with Gasteiger partial charge in [-0.2, -0.15) is 4.98 Å². The first kappa shape index (κ1) is 14.0. The molecule has 7 nitrogen and oxygen atoms in total. The van der Waals surface area contributed by atoms with Crippen molar-refractivity contribution in [2.45, 2.75) is 26.7 Å². The summed E-state index contributed by atoms with van der Waals surface area (Å²) in [6.07, 6.45) is 1.64. The summed E-state index contributed by atoms with van der Waals surface area (Å²) in [5.41, 5.74) is 1.03. The molecule has 1 aromatic heterocycles. The Kier molecular flexibility index (Phi) is 4.29. The van der Waals surface area contributed by atoms with E-state index in [2.05, 4.69) is 15.5 Å². The number of aromatic nitrogens is 2. The fourth-order valence-corrected chi connectivity index (χ4v) is 1.85. The highest BCUT2D eigenvalue weighted by Gasteiger charge is 2.17. The third kappa shape index (κ3) is 2.93. The summed E-state index contributed by atoms with van der Waals surface area (Å²) < 4.78 is 5.13. The molecule has 0 aliphatic heterocycles. The minimum absolute atomic E-state index is 0.000378. The van der Waals surface area contributed by atoms with Crippen LogP contribution in [0.2, 0.25) is 0 Å². The number of rotatable bonds is 6. The van der Waals surface area contributed by atoms with E-state index in [1.165, 1.54) is 6.07 Å². The molecule has 0 spiro atoms. The number of nitro benzene ring substituents is 1. The fraction of sp³-hybridized carbons (Fsp3) is 0.385. The molecule has 20 heavy (non-hydrogen) atoms. The van der Waals surface area contributed by atoms with Crippen molar-refractivity contribution in [1.29, 1.82) is 0 Å². The van der Waals surface area contributed by atoms with Crippen molar-refractivity contribution in [1.82, 2.24) is 10.1 Å². The molecule has 0 amide bonds. The van der Waals surface area contributed by atoms with Crippen LogP contribution in [0.4, 0.5) is 11.4 Å². The van der Waals surface area contributed by atoms with Crippen LogP contribution in [0.25, 0.3) is 11.5 Å². The summed E-state index contributed by atoms with van der Waals surface area (Å²) in [7, 11) is 0. The van der Waals surface area contributed by atoms with Crippen molar-refractivity contribution in [2.24, 2.45) is 0 Å². The molecule has 2 aromatic rings. The van der Waals surface area contributed by atoms with Crippen LogP contribution >= 0.6 is 0 Å². The van der Waals surface area contributed by atoms with E-state index in [0.29, 0.717) is 29.5 Å². The van der Waals surface area contributed by atoms with E-state index in [0.717, 1.165) is 12.8 Å². The molecule has 0 radical (unpaired) electrons. The molecule has 0 aliphatic carbocycles. The number of nitrogens with one attached hydrogen (secondary N) is 1. The van der Waals surface area contributed by atoms with E-state index in [1.807, 2.05) is 13.8 Å². The number of hydrogen-bond donors (Lipinski definition) is 1. The van der Waals surface area contributed by atoms with Crippen LogP contribution in [0.1, 0.15) is 26.1 Å². The summed E-state index contributed by atoms with van der Waals surface area (Å²) in [6.45, 7) is 4.51. The van der Waals surface area contributed by atoms with Crippen LogP contribution in [0.15, 0.2) is 22.7 Å². The molecule has 2 rings (SSSR count). The van der Waals surface area contributed by atoms with Crippen molar-refractivity contribution in [3.05, 3.63) is 34.1 Å². The quantitative estimate of drug-likeness (QED) is 0.643. The molecule has 1 N–H and O–H groups in total. The Morgan fingerprint density at radius 3 is 2.85 bits per heavy atom. The lowest BCUT2D eigenvalue weighted by Crippen LogP contribution is -2.01. The molecule has 1 heterocycles. The van der Waals surface area contributed by atoms with Gasteiger partial charge in [-0.15, -0.1) is 0 Å². The molecule has 0 aliphatic rings. The Balaban J connectivity index is 2.36. The summed E-state index contributed by atoms with van der Waals surface area (Å²) in [5, 5.41) is 17.9. The number of nitrogens with zero attached hydrogens (tertiary/aromatic N) is 3. The van der Waals surface area contributed by atoms with Crippen LogP contribution in [-0.4, -0.2) is 21.6 Å². The molecule has 0 saturated heterocycles. The van der Waals surface area contributed by atoms with Gasteiger partial charge < -0.3 is 9.84 Å². The lowest BCUT2D eigenvalue weighted by molar-refractivity contribution is -0.383. The molecule has 0 bridgehead atoms. The van der Waals surface area contributed by atoms with Gasteiger partial charge >= 0.3 is 0 Å². The normalized spacial score (nSPS) is 10.5. The molecular weight excluding hydrogens is 260 g/mol. The average molecular weight is 276 g/mol. The molecule has 7 heteroatoms. The van der Waals surface area contributed by atoms with Gasteiger partial charge in [0.25, 0.3) is 11.6 Å². The van der Waals surface area contributed by atoms with Gasteiger partial charge in [0.1, 0.15) is 5.69 Å². The third-order valence-corrected chi connectivity index (χ3v) is 2.75. The van der Waals surface area contributed by atoms with Crippen LogP contribution < -0.4 is 5.32 Å². The molecule has 0 unspecified atom stereocenters. The second-order valence-electron chi connectivity index (χ2n) is 4.29. The van der Waals surface area contributed by atoms with E-state index in [9.17, 15) is 10.1 Å². The van der Waals surface area contributed by atoms with Crippen LogP contribution in [0, 0.1) is 10.1 Å². The van der Waals surface area contributed by atoms with Gasteiger partial charge in [-0.3, -0.25) is 10.1 Å². The van der Waals surface area contributed by atoms with Crippen molar-refractivity contribution in [3.8, 4) is 11.5 Å². The zero-order valence-corrected chi connectivity index (χ0v) is 11.4. The molecule has 0 fully saturated rings. The highest BCUT2D eigenvalue weighted by Crippen LogP contribution is 2.29. The van der Waals surface area contributed by atoms with Gasteiger partial charge in [-0.25, -0.2) is 0 Å². The van der Waals surface area contributed by atoms with Crippen LogP contribution in [-0.2, 0) is 6.42 Å². The predicted molar refractivity (Wildman–Crippen MR) is 74.5 cm³/mol. The summed E-state index contributed by atoms with van der Waals surface area (Å²) >= 11 is 0. The molecule has 0 atom stereocenters. The maximum atomic E-state index is 11.1. The SMILES string of the molecule is CCCc1noc(-c2ccc(NCC)c([N+](=O)[O-])c2)n1. The Morgan fingerprint density at radius 2 is 2.20 bits per heavy atom. The minimum atomic E-state index is -0.426.